The molecular formula is C19H22N4O3. The summed E-state index contributed by atoms with van der Waals surface area (Å²) in [4.78, 5) is 15.6. The summed E-state index contributed by atoms with van der Waals surface area (Å²) in [5, 5.41) is 5.86. The minimum Gasteiger partial charge on any atom is -0.495 e. The molecule has 0 saturated carbocycles. The number of methoxy groups -OCH3 is 1. The van der Waals surface area contributed by atoms with Crippen molar-refractivity contribution in [1.82, 2.24) is 0 Å². The van der Waals surface area contributed by atoms with Crippen molar-refractivity contribution in [3.63, 3.8) is 0 Å². The van der Waals surface area contributed by atoms with E-state index in [9.17, 15) is 4.79 Å². The summed E-state index contributed by atoms with van der Waals surface area (Å²) in [6.07, 6.45) is 1.23. The molecule has 0 aliphatic carbocycles. The van der Waals surface area contributed by atoms with Crippen LogP contribution in [-0.2, 0) is 11.2 Å². The topological polar surface area (TPSA) is 98.0 Å². The van der Waals surface area contributed by atoms with Crippen molar-refractivity contribution in [2.75, 3.05) is 30.9 Å². The molecule has 7 heteroatoms. The summed E-state index contributed by atoms with van der Waals surface area (Å²) in [5.41, 5.74) is 8.60. The average Bonchev–Trinajstić information content (AvgIpc) is 2.65. The molecule has 0 saturated heterocycles. The SMILES string of the molecule is COc1ccccc1NC(N)=NCCOc1ccc2c(c1)CCC(=O)N2. The van der Waals surface area contributed by atoms with Crippen molar-refractivity contribution in [1.29, 1.82) is 0 Å². The largest absolute Gasteiger partial charge is 0.495 e. The summed E-state index contributed by atoms with van der Waals surface area (Å²) < 4.78 is 11.0. The molecule has 0 bridgehead atoms. The Morgan fingerprint density at radius 3 is 2.96 bits per heavy atom. The summed E-state index contributed by atoms with van der Waals surface area (Å²) in [7, 11) is 1.60. The molecule has 0 atom stereocenters. The van der Waals surface area contributed by atoms with Crippen LogP contribution in [0.4, 0.5) is 11.4 Å². The molecule has 136 valence electrons. The Balaban J connectivity index is 1.50. The van der Waals surface area contributed by atoms with Gasteiger partial charge in [-0.3, -0.25) is 4.79 Å². The van der Waals surface area contributed by atoms with Crippen LogP contribution in [0.1, 0.15) is 12.0 Å². The van der Waals surface area contributed by atoms with Gasteiger partial charge >= 0.3 is 0 Å². The molecule has 0 fully saturated rings. The maximum absolute atomic E-state index is 11.4. The summed E-state index contributed by atoms with van der Waals surface area (Å²) in [6.45, 7) is 0.821. The molecule has 3 rings (SSSR count). The molecule has 2 aromatic rings. The molecular weight excluding hydrogens is 332 g/mol. The molecule has 1 heterocycles. The number of aliphatic imine (C=N–C) groups is 1. The van der Waals surface area contributed by atoms with Crippen LogP contribution in [0.2, 0.25) is 0 Å². The molecule has 4 N–H and O–H groups in total. The maximum Gasteiger partial charge on any atom is 0.224 e. The van der Waals surface area contributed by atoms with Crippen LogP contribution in [0.3, 0.4) is 0 Å². The van der Waals surface area contributed by atoms with Gasteiger partial charge in [-0.2, -0.15) is 0 Å². The standard InChI is InChI=1S/C19H22N4O3/c1-25-17-5-3-2-4-16(17)23-19(20)21-10-11-26-14-7-8-15-13(12-14)6-9-18(24)22-15/h2-5,7-8,12H,6,9-11H2,1H3,(H,22,24)(H3,20,21,23). The van der Waals surface area contributed by atoms with E-state index in [-0.39, 0.29) is 5.91 Å². The fourth-order valence-electron chi connectivity index (χ4n) is 2.70. The Bertz CT molecular complexity index is 820. The minimum absolute atomic E-state index is 0.0542. The highest BCUT2D eigenvalue weighted by atomic mass is 16.5. The number of carbonyl (C=O) groups is 1. The predicted molar refractivity (Wildman–Crippen MR) is 102 cm³/mol. The Kier molecular flexibility index (Phi) is 5.58. The molecule has 0 unspecified atom stereocenters. The van der Waals surface area contributed by atoms with Gasteiger partial charge in [-0.05, 0) is 42.3 Å². The highest BCUT2D eigenvalue weighted by Crippen LogP contribution is 2.26. The lowest BCUT2D eigenvalue weighted by atomic mass is 10.0. The quantitative estimate of drug-likeness (QED) is 0.420. The Labute approximate surface area is 152 Å². The van der Waals surface area contributed by atoms with E-state index in [4.69, 9.17) is 15.2 Å². The number of benzene rings is 2. The predicted octanol–water partition coefficient (Wildman–Crippen LogP) is 2.39. The summed E-state index contributed by atoms with van der Waals surface area (Å²) in [6, 6.07) is 13.1. The fourth-order valence-corrected chi connectivity index (χ4v) is 2.70. The lowest BCUT2D eigenvalue weighted by Gasteiger charge is -2.17. The second kappa shape index (κ2) is 8.24. The zero-order chi connectivity index (χ0) is 18.4. The monoisotopic (exact) mass is 354 g/mol. The van der Waals surface area contributed by atoms with Crippen LogP contribution in [-0.4, -0.2) is 32.1 Å². The van der Waals surface area contributed by atoms with Crippen molar-refractivity contribution in [2.45, 2.75) is 12.8 Å². The number of hydrogen-bond donors (Lipinski definition) is 3. The third-order valence-corrected chi connectivity index (χ3v) is 3.98. The second-order valence-electron chi connectivity index (χ2n) is 5.81. The smallest absolute Gasteiger partial charge is 0.224 e. The number of fused-ring (bicyclic) bond motifs is 1. The van der Waals surface area contributed by atoms with Gasteiger partial charge in [0.05, 0.1) is 19.3 Å². The van der Waals surface area contributed by atoms with Gasteiger partial charge in [0.1, 0.15) is 18.1 Å². The average molecular weight is 354 g/mol. The number of rotatable bonds is 6. The van der Waals surface area contributed by atoms with Crippen LogP contribution in [0.15, 0.2) is 47.5 Å². The molecule has 7 nitrogen and oxygen atoms in total. The molecule has 0 radical (unpaired) electrons. The van der Waals surface area contributed by atoms with E-state index < -0.39 is 0 Å². The van der Waals surface area contributed by atoms with E-state index in [1.807, 2.05) is 42.5 Å². The van der Waals surface area contributed by atoms with E-state index in [1.165, 1.54) is 0 Å². The van der Waals surface area contributed by atoms with Crippen molar-refractivity contribution >= 4 is 23.2 Å². The van der Waals surface area contributed by atoms with Gasteiger partial charge in [0.15, 0.2) is 5.96 Å². The van der Waals surface area contributed by atoms with E-state index in [1.54, 1.807) is 7.11 Å². The minimum atomic E-state index is 0.0542. The lowest BCUT2D eigenvalue weighted by Crippen LogP contribution is -2.24. The number of amides is 1. The Hall–Kier alpha value is -3.22. The molecule has 0 aromatic heterocycles. The van der Waals surface area contributed by atoms with Gasteiger partial charge in [0.2, 0.25) is 5.91 Å². The van der Waals surface area contributed by atoms with Gasteiger partial charge in [-0.25, -0.2) is 4.99 Å². The number of carbonyl (C=O) groups excluding carboxylic acids is 1. The van der Waals surface area contributed by atoms with E-state index in [0.29, 0.717) is 31.3 Å². The molecule has 2 aromatic carbocycles. The molecule has 26 heavy (non-hydrogen) atoms. The van der Waals surface area contributed by atoms with Gasteiger partial charge in [-0.1, -0.05) is 12.1 Å². The zero-order valence-electron chi connectivity index (χ0n) is 14.6. The number of anilines is 2. The van der Waals surface area contributed by atoms with Crippen molar-refractivity contribution in [3.8, 4) is 11.5 Å². The van der Waals surface area contributed by atoms with Crippen molar-refractivity contribution < 1.29 is 14.3 Å². The van der Waals surface area contributed by atoms with E-state index >= 15 is 0 Å². The van der Waals surface area contributed by atoms with Gasteiger partial charge in [0, 0.05) is 12.1 Å². The first-order valence-corrected chi connectivity index (χ1v) is 8.41. The number of guanidine groups is 1. The van der Waals surface area contributed by atoms with Crippen LogP contribution < -0.4 is 25.8 Å². The molecule has 1 aliphatic rings. The fraction of sp³-hybridized carbons (Fsp3) is 0.263. The van der Waals surface area contributed by atoms with Gasteiger partial charge in [-0.15, -0.1) is 0 Å². The van der Waals surface area contributed by atoms with E-state index in [0.717, 1.165) is 29.1 Å². The summed E-state index contributed by atoms with van der Waals surface area (Å²) in [5.74, 6) is 1.80. The lowest BCUT2D eigenvalue weighted by molar-refractivity contribution is -0.116. The maximum atomic E-state index is 11.4. The first-order valence-electron chi connectivity index (χ1n) is 8.41. The molecule has 1 amide bonds. The van der Waals surface area contributed by atoms with Gasteiger partial charge < -0.3 is 25.8 Å². The number of aryl methyl sites for hydroxylation is 1. The number of ether oxygens (including phenoxy) is 2. The Morgan fingerprint density at radius 1 is 1.27 bits per heavy atom. The molecule has 1 aliphatic heterocycles. The van der Waals surface area contributed by atoms with Crippen molar-refractivity contribution in [2.24, 2.45) is 10.7 Å². The highest BCUT2D eigenvalue weighted by molar-refractivity contribution is 5.94. The normalized spacial score (nSPS) is 13.6. The third kappa shape index (κ3) is 4.44. The first-order chi connectivity index (χ1) is 12.7. The second-order valence-corrected chi connectivity index (χ2v) is 5.81. The Morgan fingerprint density at radius 2 is 2.12 bits per heavy atom. The number of nitrogens with two attached hydrogens (primary N) is 1. The third-order valence-electron chi connectivity index (χ3n) is 3.98. The van der Waals surface area contributed by atoms with Crippen LogP contribution >= 0.6 is 0 Å². The number of hydrogen-bond acceptors (Lipinski definition) is 4. The number of nitrogens with zero attached hydrogens (tertiary/aromatic N) is 1. The van der Waals surface area contributed by atoms with Crippen molar-refractivity contribution in [3.05, 3.63) is 48.0 Å². The number of nitrogens with one attached hydrogen (secondary N) is 2. The van der Waals surface area contributed by atoms with Crippen LogP contribution in [0.5, 0.6) is 11.5 Å². The first kappa shape index (κ1) is 17.6. The molecule has 0 spiro atoms. The van der Waals surface area contributed by atoms with E-state index in [2.05, 4.69) is 15.6 Å². The van der Waals surface area contributed by atoms with Gasteiger partial charge in [0.25, 0.3) is 0 Å². The number of para-hydroxylation sites is 2. The van der Waals surface area contributed by atoms with Crippen LogP contribution in [0.25, 0.3) is 0 Å². The summed E-state index contributed by atoms with van der Waals surface area (Å²) >= 11 is 0. The highest BCUT2D eigenvalue weighted by Gasteiger charge is 2.14. The zero-order valence-corrected chi connectivity index (χ0v) is 14.6. The van der Waals surface area contributed by atoms with Crippen LogP contribution in [0, 0.1) is 0 Å².